The van der Waals surface area contributed by atoms with Crippen LogP contribution < -0.4 is 4.74 Å². The van der Waals surface area contributed by atoms with E-state index in [2.05, 4.69) is 18.8 Å². The van der Waals surface area contributed by atoms with Crippen molar-refractivity contribution in [2.75, 3.05) is 13.2 Å². The average molecular weight is 279 g/mol. The van der Waals surface area contributed by atoms with Crippen LogP contribution >= 0.6 is 0 Å². The van der Waals surface area contributed by atoms with Crippen molar-refractivity contribution >= 4 is 6.21 Å². The zero-order chi connectivity index (χ0) is 15.0. The minimum Gasteiger partial charge on any atom is -0.504 e. The minimum absolute atomic E-state index is 0.0927. The number of aliphatic hydroxyl groups excluding tert-OH is 1. The highest BCUT2D eigenvalue weighted by Gasteiger charge is 2.14. The number of aromatic hydroxyl groups is 1. The van der Waals surface area contributed by atoms with Crippen LogP contribution in [0.3, 0.4) is 0 Å². The van der Waals surface area contributed by atoms with Gasteiger partial charge < -0.3 is 14.9 Å². The predicted molar refractivity (Wildman–Crippen MR) is 81.8 cm³/mol. The highest BCUT2D eigenvalue weighted by atomic mass is 16.5. The molecule has 0 fully saturated rings. The van der Waals surface area contributed by atoms with Gasteiger partial charge in [-0.1, -0.05) is 32.8 Å². The molecular weight excluding hydrogens is 254 g/mol. The number of ether oxygens (including phenoxy) is 1. The van der Waals surface area contributed by atoms with E-state index in [-0.39, 0.29) is 11.7 Å². The number of hydrogen-bond donors (Lipinski definition) is 2. The fourth-order valence-electron chi connectivity index (χ4n) is 2.16. The van der Waals surface area contributed by atoms with Crippen molar-refractivity contribution in [3.8, 4) is 11.5 Å². The van der Waals surface area contributed by atoms with Crippen molar-refractivity contribution in [1.82, 2.24) is 0 Å². The standard InChI is InChI=1S/C16H25NO3/c1-4-12(5-2)14(18)11-17-10-13-8-7-9-15(16(13)19)20-6-3/h7-10,12,14,18-19H,4-6,11H2,1-3H3. The Morgan fingerprint density at radius 1 is 1.25 bits per heavy atom. The number of aliphatic imine (C=N–C) groups is 1. The molecule has 0 aliphatic rings. The second-order valence-corrected chi connectivity index (χ2v) is 4.77. The molecule has 1 unspecified atom stereocenters. The third-order valence-corrected chi connectivity index (χ3v) is 3.45. The molecule has 1 aromatic rings. The van der Waals surface area contributed by atoms with Gasteiger partial charge in [-0.3, -0.25) is 4.99 Å². The molecule has 4 heteroatoms. The lowest BCUT2D eigenvalue weighted by molar-refractivity contribution is 0.111. The summed E-state index contributed by atoms with van der Waals surface area (Å²) in [6.45, 7) is 6.86. The summed E-state index contributed by atoms with van der Waals surface area (Å²) in [5.74, 6) is 0.822. The predicted octanol–water partition coefficient (Wildman–Crippen LogP) is 3.01. The number of rotatable bonds is 8. The summed E-state index contributed by atoms with van der Waals surface area (Å²) in [5, 5.41) is 20.0. The first-order valence-corrected chi connectivity index (χ1v) is 7.26. The van der Waals surface area contributed by atoms with Crippen LogP contribution in [-0.2, 0) is 0 Å². The first-order valence-electron chi connectivity index (χ1n) is 7.26. The molecule has 0 radical (unpaired) electrons. The van der Waals surface area contributed by atoms with E-state index in [0.717, 1.165) is 12.8 Å². The zero-order valence-electron chi connectivity index (χ0n) is 12.5. The van der Waals surface area contributed by atoms with Crippen molar-refractivity contribution in [1.29, 1.82) is 0 Å². The van der Waals surface area contributed by atoms with E-state index in [9.17, 15) is 10.2 Å². The van der Waals surface area contributed by atoms with Gasteiger partial charge in [0.05, 0.1) is 19.3 Å². The van der Waals surface area contributed by atoms with Crippen molar-refractivity contribution in [3.05, 3.63) is 23.8 Å². The van der Waals surface area contributed by atoms with Gasteiger partial charge in [0.25, 0.3) is 0 Å². The minimum atomic E-state index is -0.432. The number of aliphatic hydroxyl groups is 1. The van der Waals surface area contributed by atoms with Crippen molar-refractivity contribution < 1.29 is 14.9 Å². The Hall–Kier alpha value is -1.55. The third-order valence-electron chi connectivity index (χ3n) is 3.45. The Bertz CT molecular complexity index is 428. The monoisotopic (exact) mass is 279 g/mol. The Balaban J connectivity index is 2.68. The molecule has 112 valence electrons. The highest BCUT2D eigenvalue weighted by Crippen LogP contribution is 2.28. The van der Waals surface area contributed by atoms with Gasteiger partial charge in [-0.05, 0) is 25.0 Å². The van der Waals surface area contributed by atoms with Crippen LogP contribution in [0.2, 0.25) is 0 Å². The highest BCUT2D eigenvalue weighted by molar-refractivity contribution is 5.84. The van der Waals surface area contributed by atoms with E-state index in [1.807, 2.05) is 13.0 Å². The smallest absolute Gasteiger partial charge is 0.166 e. The van der Waals surface area contributed by atoms with Crippen LogP contribution in [0.5, 0.6) is 11.5 Å². The van der Waals surface area contributed by atoms with Crippen LogP contribution in [0.1, 0.15) is 39.2 Å². The van der Waals surface area contributed by atoms with E-state index in [0.29, 0.717) is 24.5 Å². The van der Waals surface area contributed by atoms with Gasteiger partial charge in [0.15, 0.2) is 11.5 Å². The number of phenols is 1. The molecule has 0 saturated heterocycles. The van der Waals surface area contributed by atoms with E-state index in [4.69, 9.17) is 4.74 Å². The first-order chi connectivity index (χ1) is 9.63. The van der Waals surface area contributed by atoms with Crippen LogP contribution in [0, 0.1) is 5.92 Å². The fraction of sp³-hybridized carbons (Fsp3) is 0.562. The molecule has 20 heavy (non-hydrogen) atoms. The molecule has 4 nitrogen and oxygen atoms in total. The van der Waals surface area contributed by atoms with Crippen molar-refractivity contribution in [2.45, 2.75) is 39.7 Å². The van der Waals surface area contributed by atoms with Gasteiger partial charge in [0, 0.05) is 11.8 Å². The number of phenolic OH excluding ortho intramolecular Hbond substituents is 1. The lowest BCUT2D eigenvalue weighted by Crippen LogP contribution is -2.22. The van der Waals surface area contributed by atoms with Gasteiger partial charge in [-0.15, -0.1) is 0 Å². The molecule has 0 aliphatic heterocycles. The van der Waals surface area contributed by atoms with Crippen LogP contribution in [0.15, 0.2) is 23.2 Å². The van der Waals surface area contributed by atoms with Crippen LogP contribution in [-0.4, -0.2) is 35.7 Å². The van der Waals surface area contributed by atoms with Crippen molar-refractivity contribution in [3.63, 3.8) is 0 Å². The molecule has 1 aromatic carbocycles. The Morgan fingerprint density at radius 3 is 2.55 bits per heavy atom. The quantitative estimate of drug-likeness (QED) is 0.719. The Labute approximate surface area is 121 Å². The molecule has 1 atom stereocenters. The van der Waals surface area contributed by atoms with Gasteiger partial charge in [-0.2, -0.15) is 0 Å². The summed E-state index contributed by atoms with van der Waals surface area (Å²) >= 11 is 0. The molecule has 0 saturated carbocycles. The molecule has 0 aliphatic carbocycles. The van der Waals surface area contributed by atoms with Gasteiger partial charge in [-0.25, -0.2) is 0 Å². The second-order valence-electron chi connectivity index (χ2n) is 4.77. The Kier molecular flexibility index (Phi) is 7.09. The molecule has 0 bridgehead atoms. The van der Waals surface area contributed by atoms with Crippen molar-refractivity contribution in [2.24, 2.45) is 10.9 Å². The maximum Gasteiger partial charge on any atom is 0.166 e. The average Bonchev–Trinajstić information content (AvgIpc) is 2.44. The lowest BCUT2D eigenvalue weighted by Gasteiger charge is -2.17. The van der Waals surface area contributed by atoms with Crippen LogP contribution in [0.4, 0.5) is 0 Å². The molecule has 2 N–H and O–H groups in total. The summed E-state index contributed by atoms with van der Waals surface area (Å²) in [6, 6.07) is 5.30. The molecule has 1 rings (SSSR count). The van der Waals surface area contributed by atoms with Gasteiger partial charge in [0.2, 0.25) is 0 Å². The normalized spacial score (nSPS) is 13.1. The summed E-state index contributed by atoms with van der Waals surface area (Å²) in [7, 11) is 0. The summed E-state index contributed by atoms with van der Waals surface area (Å²) in [6.07, 6.45) is 3.04. The molecule has 0 aromatic heterocycles. The molecule has 0 amide bonds. The summed E-state index contributed by atoms with van der Waals surface area (Å²) in [5.41, 5.74) is 0.604. The molecule has 0 heterocycles. The van der Waals surface area contributed by atoms with Crippen LogP contribution in [0.25, 0.3) is 0 Å². The third kappa shape index (κ3) is 4.53. The van der Waals surface area contributed by atoms with E-state index in [1.54, 1.807) is 18.3 Å². The maximum atomic E-state index is 10.0. The molecular formula is C16H25NO3. The Morgan fingerprint density at radius 2 is 1.95 bits per heavy atom. The SMILES string of the molecule is CCOc1cccc(C=NCC(O)C(CC)CC)c1O. The number of para-hydroxylation sites is 1. The first kappa shape index (κ1) is 16.5. The van der Waals surface area contributed by atoms with E-state index >= 15 is 0 Å². The van der Waals surface area contributed by atoms with Gasteiger partial charge in [0.1, 0.15) is 0 Å². The number of nitrogens with zero attached hydrogens (tertiary/aromatic N) is 1. The molecule has 0 spiro atoms. The zero-order valence-corrected chi connectivity index (χ0v) is 12.5. The summed E-state index contributed by atoms with van der Waals surface area (Å²) < 4.78 is 5.32. The van der Waals surface area contributed by atoms with Gasteiger partial charge >= 0.3 is 0 Å². The maximum absolute atomic E-state index is 10.0. The lowest BCUT2D eigenvalue weighted by atomic mass is 9.97. The largest absolute Gasteiger partial charge is 0.504 e. The fourth-order valence-corrected chi connectivity index (χ4v) is 2.16. The second kappa shape index (κ2) is 8.59. The number of hydrogen-bond acceptors (Lipinski definition) is 4. The number of benzene rings is 1. The van der Waals surface area contributed by atoms with E-state index < -0.39 is 6.10 Å². The summed E-state index contributed by atoms with van der Waals surface area (Å²) in [4.78, 5) is 4.23. The van der Waals surface area contributed by atoms with E-state index in [1.165, 1.54) is 0 Å². The topological polar surface area (TPSA) is 62.0 Å².